The quantitative estimate of drug-likeness (QED) is 0.789. The van der Waals surface area contributed by atoms with E-state index in [1.165, 1.54) is 13.2 Å². The summed E-state index contributed by atoms with van der Waals surface area (Å²) in [7, 11) is 1.42. The Kier molecular flexibility index (Phi) is 4.90. The molecule has 94 valence electrons. The van der Waals surface area contributed by atoms with E-state index in [1.54, 1.807) is 12.1 Å². The van der Waals surface area contributed by atoms with Crippen LogP contribution in [0.2, 0.25) is 0 Å². The van der Waals surface area contributed by atoms with Crippen LogP contribution in [0.1, 0.15) is 24.9 Å². The normalized spacial score (nSPS) is 12.2. The van der Waals surface area contributed by atoms with Gasteiger partial charge in [0.25, 0.3) is 0 Å². The van der Waals surface area contributed by atoms with Crippen LogP contribution in [0, 0.1) is 5.82 Å². The third-order valence-corrected chi connectivity index (χ3v) is 2.50. The molecule has 1 atom stereocenters. The maximum Gasteiger partial charge on any atom is 0.218 e. The summed E-state index contributed by atoms with van der Waals surface area (Å²) in [5.74, 6) is -0.530. The number of methoxy groups -OCH3 is 1. The highest BCUT2D eigenvalue weighted by Crippen LogP contribution is 2.21. The molecule has 0 saturated heterocycles. The Balaban J connectivity index is 2.59. The standard InChI is InChI=1S/C12H17FN2O2/c1-8(15-6-5-12(14)16)9-3-4-11(17-2)10(13)7-9/h3-4,7-8,15H,5-6H2,1-2H3,(H2,14,16)/t8-/m1/s1. The summed E-state index contributed by atoms with van der Waals surface area (Å²) >= 11 is 0. The minimum atomic E-state index is -0.395. The highest BCUT2D eigenvalue weighted by Gasteiger charge is 2.09. The topological polar surface area (TPSA) is 64.3 Å². The first-order chi connectivity index (χ1) is 8.04. The van der Waals surface area contributed by atoms with E-state index in [4.69, 9.17) is 10.5 Å². The number of carbonyl (C=O) groups excluding carboxylic acids is 1. The van der Waals surface area contributed by atoms with Gasteiger partial charge in [0.1, 0.15) is 0 Å². The Morgan fingerprint density at radius 1 is 1.59 bits per heavy atom. The zero-order chi connectivity index (χ0) is 12.8. The zero-order valence-electron chi connectivity index (χ0n) is 10.00. The Morgan fingerprint density at radius 3 is 2.82 bits per heavy atom. The Labute approximate surface area is 100.0 Å². The molecule has 0 fully saturated rings. The van der Waals surface area contributed by atoms with Gasteiger partial charge in [0.2, 0.25) is 5.91 Å². The fourth-order valence-electron chi connectivity index (χ4n) is 1.48. The lowest BCUT2D eigenvalue weighted by atomic mass is 10.1. The lowest BCUT2D eigenvalue weighted by Crippen LogP contribution is -2.24. The predicted octanol–water partition coefficient (Wildman–Crippen LogP) is 1.36. The number of halogens is 1. The summed E-state index contributed by atoms with van der Waals surface area (Å²) in [6, 6.07) is 4.73. The van der Waals surface area contributed by atoms with Crippen LogP contribution in [0.5, 0.6) is 5.75 Å². The van der Waals surface area contributed by atoms with E-state index in [0.29, 0.717) is 6.54 Å². The van der Waals surface area contributed by atoms with Crippen LogP contribution in [-0.4, -0.2) is 19.6 Å². The number of ether oxygens (including phenoxy) is 1. The van der Waals surface area contributed by atoms with Gasteiger partial charge in [-0.3, -0.25) is 4.79 Å². The van der Waals surface area contributed by atoms with E-state index >= 15 is 0 Å². The van der Waals surface area contributed by atoms with Crippen molar-refractivity contribution in [2.45, 2.75) is 19.4 Å². The summed E-state index contributed by atoms with van der Waals surface area (Å²) in [5, 5.41) is 3.09. The molecule has 5 heteroatoms. The van der Waals surface area contributed by atoms with Crippen molar-refractivity contribution in [2.24, 2.45) is 5.73 Å². The van der Waals surface area contributed by atoms with Crippen molar-refractivity contribution in [3.8, 4) is 5.75 Å². The maximum atomic E-state index is 13.4. The second-order valence-electron chi connectivity index (χ2n) is 3.79. The molecule has 1 aromatic rings. The van der Waals surface area contributed by atoms with Gasteiger partial charge in [-0.2, -0.15) is 0 Å². The number of amides is 1. The number of carbonyl (C=O) groups is 1. The Bertz CT molecular complexity index is 396. The predicted molar refractivity (Wildman–Crippen MR) is 63.2 cm³/mol. The van der Waals surface area contributed by atoms with Crippen LogP contribution in [0.3, 0.4) is 0 Å². The fourth-order valence-corrected chi connectivity index (χ4v) is 1.48. The zero-order valence-corrected chi connectivity index (χ0v) is 10.00. The Hall–Kier alpha value is -1.62. The molecule has 4 nitrogen and oxygen atoms in total. The summed E-state index contributed by atoms with van der Waals surface area (Å²) in [6.45, 7) is 2.37. The van der Waals surface area contributed by atoms with Crippen LogP contribution in [-0.2, 0) is 4.79 Å². The van der Waals surface area contributed by atoms with Crippen molar-refractivity contribution in [3.05, 3.63) is 29.6 Å². The molecule has 0 heterocycles. The van der Waals surface area contributed by atoms with E-state index in [0.717, 1.165) is 5.56 Å². The second kappa shape index (κ2) is 6.20. The maximum absolute atomic E-state index is 13.4. The van der Waals surface area contributed by atoms with Gasteiger partial charge in [-0.15, -0.1) is 0 Å². The summed E-state index contributed by atoms with van der Waals surface area (Å²) in [4.78, 5) is 10.6. The van der Waals surface area contributed by atoms with Gasteiger partial charge >= 0.3 is 0 Å². The van der Waals surface area contributed by atoms with E-state index in [1.807, 2.05) is 6.92 Å². The summed E-state index contributed by atoms with van der Waals surface area (Å²) in [5.41, 5.74) is 5.82. The molecule has 0 aliphatic rings. The Morgan fingerprint density at radius 2 is 2.29 bits per heavy atom. The van der Waals surface area contributed by atoms with Gasteiger partial charge in [-0.05, 0) is 24.6 Å². The molecule has 0 saturated carbocycles. The highest BCUT2D eigenvalue weighted by atomic mass is 19.1. The second-order valence-corrected chi connectivity index (χ2v) is 3.79. The van der Waals surface area contributed by atoms with Gasteiger partial charge < -0.3 is 15.8 Å². The molecule has 1 aromatic carbocycles. The minimum absolute atomic E-state index is 0.0465. The first-order valence-corrected chi connectivity index (χ1v) is 5.39. The van der Waals surface area contributed by atoms with Crippen molar-refractivity contribution >= 4 is 5.91 Å². The van der Waals surface area contributed by atoms with E-state index in [9.17, 15) is 9.18 Å². The van der Waals surface area contributed by atoms with E-state index in [2.05, 4.69) is 5.32 Å². The monoisotopic (exact) mass is 240 g/mol. The third-order valence-electron chi connectivity index (χ3n) is 2.50. The van der Waals surface area contributed by atoms with Crippen molar-refractivity contribution in [2.75, 3.05) is 13.7 Å². The van der Waals surface area contributed by atoms with E-state index < -0.39 is 5.82 Å². The van der Waals surface area contributed by atoms with E-state index in [-0.39, 0.29) is 24.1 Å². The van der Waals surface area contributed by atoms with Crippen molar-refractivity contribution in [1.29, 1.82) is 0 Å². The first-order valence-electron chi connectivity index (χ1n) is 5.39. The lowest BCUT2D eigenvalue weighted by molar-refractivity contribution is -0.117. The van der Waals surface area contributed by atoms with Gasteiger partial charge in [-0.1, -0.05) is 6.07 Å². The largest absolute Gasteiger partial charge is 0.494 e. The highest BCUT2D eigenvalue weighted by molar-refractivity contribution is 5.73. The van der Waals surface area contributed by atoms with Crippen LogP contribution >= 0.6 is 0 Å². The van der Waals surface area contributed by atoms with Gasteiger partial charge in [0, 0.05) is 19.0 Å². The summed E-state index contributed by atoms with van der Waals surface area (Å²) < 4.78 is 18.3. The molecule has 0 bridgehead atoms. The molecular weight excluding hydrogens is 223 g/mol. The molecule has 3 N–H and O–H groups in total. The summed E-state index contributed by atoms with van der Waals surface area (Å²) in [6.07, 6.45) is 0.267. The molecule has 0 aliphatic heterocycles. The molecular formula is C12H17FN2O2. The third kappa shape index (κ3) is 4.03. The number of rotatable bonds is 6. The van der Waals surface area contributed by atoms with Crippen molar-refractivity contribution < 1.29 is 13.9 Å². The van der Waals surface area contributed by atoms with Crippen LogP contribution in [0.4, 0.5) is 4.39 Å². The van der Waals surface area contributed by atoms with Crippen molar-refractivity contribution in [1.82, 2.24) is 5.32 Å². The first kappa shape index (κ1) is 13.4. The number of benzene rings is 1. The van der Waals surface area contributed by atoms with Gasteiger partial charge in [0.05, 0.1) is 7.11 Å². The molecule has 0 unspecified atom stereocenters. The smallest absolute Gasteiger partial charge is 0.218 e. The molecule has 17 heavy (non-hydrogen) atoms. The van der Waals surface area contributed by atoms with Crippen LogP contribution < -0.4 is 15.8 Å². The minimum Gasteiger partial charge on any atom is -0.494 e. The lowest BCUT2D eigenvalue weighted by Gasteiger charge is -2.14. The molecule has 0 aliphatic carbocycles. The van der Waals surface area contributed by atoms with Crippen LogP contribution in [0.15, 0.2) is 18.2 Å². The molecule has 1 rings (SSSR count). The number of nitrogens with one attached hydrogen (secondary N) is 1. The number of primary amides is 1. The van der Waals surface area contributed by atoms with Crippen molar-refractivity contribution in [3.63, 3.8) is 0 Å². The average Bonchev–Trinajstić information content (AvgIpc) is 2.28. The average molecular weight is 240 g/mol. The van der Waals surface area contributed by atoms with Gasteiger partial charge in [-0.25, -0.2) is 4.39 Å². The van der Waals surface area contributed by atoms with Crippen LogP contribution in [0.25, 0.3) is 0 Å². The molecule has 1 amide bonds. The van der Waals surface area contributed by atoms with Gasteiger partial charge in [0.15, 0.2) is 11.6 Å². The molecule has 0 spiro atoms. The SMILES string of the molecule is COc1ccc([C@@H](C)NCCC(N)=O)cc1F. The fraction of sp³-hybridized carbons (Fsp3) is 0.417. The molecule has 0 radical (unpaired) electrons. The molecule has 0 aromatic heterocycles. The number of hydrogen-bond acceptors (Lipinski definition) is 3. The number of nitrogens with two attached hydrogens (primary N) is 1. The number of hydrogen-bond donors (Lipinski definition) is 2.